The number of rotatable bonds is 7. The lowest BCUT2D eigenvalue weighted by atomic mass is 9.78. The molecule has 0 unspecified atom stereocenters. The number of ether oxygens (including phenoxy) is 1. The lowest BCUT2D eigenvalue weighted by Crippen LogP contribution is -2.22. The monoisotopic (exact) mass is 431 g/mol. The van der Waals surface area contributed by atoms with Gasteiger partial charge in [0.05, 0.1) is 5.56 Å². The summed E-state index contributed by atoms with van der Waals surface area (Å²) in [5, 5.41) is 8.67. The van der Waals surface area contributed by atoms with Gasteiger partial charge in [-0.25, -0.2) is 8.78 Å². The van der Waals surface area contributed by atoms with Crippen molar-refractivity contribution in [3.05, 3.63) is 76.9 Å². The summed E-state index contributed by atoms with van der Waals surface area (Å²) in [7, 11) is 0. The molecule has 164 valence electrons. The third kappa shape index (κ3) is 5.66. The highest BCUT2D eigenvalue weighted by atomic mass is 19.3. The van der Waals surface area contributed by atoms with E-state index in [0.29, 0.717) is 24.0 Å². The van der Waals surface area contributed by atoms with E-state index >= 15 is 0 Å². The third-order valence-electron chi connectivity index (χ3n) is 5.73. The molecule has 2 nitrogen and oxygen atoms in total. The molecular formula is C25H25F4NO. The summed E-state index contributed by atoms with van der Waals surface area (Å²) >= 11 is 0. The highest BCUT2D eigenvalue weighted by molar-refractivity contribution is 5.38. The Kier molecular flexibility index (Phi) is 7.37. The van der Waals surface area contributed by atoms with Gasteiger partial charge in [0.1, 0.15) is 29.0 Å². The number of hydrogen-bond acceptors (Lipinski definition) is 2. The first-order valence-corrected chi connectivity index (χ1v) is 10.6. The predicted molar refractivity (Wildman–Crippen MR) is 111 cm³/mol. The largest absolute Gasteiger partial charge is 0.429 e. The second kappa shape index (κ2) is 10.00. The fourth-order valence-corrected chi connectivity index (χ4v) is 3.97. The lowest BCUT2D eigenvalue weighted by molar-refractivity contribution is -0.185. The van der Waals surface area contributed by atoms with Crippen molar-refractivity contribution in [1.29, 1.82) is 5.26 Å². The molecule has 0 N–H and O–H groups in total. The number of halogens is 4. The fraction of sp³-hybridized carbons (Fsp3) is 0.400. The maximum absolute atomic E-state index is 14.5. The average Bonchev–Trinajstić information content (AvgIpc) is 2.74. The van der Waals surface area contributed by atoms with Crippen molar-refractivity contribution < 1.29 is 22.3 Å². The summed E-state index contributed by atoms with van der Waals surface area (Å²) in [6.07, 6.45) is 7.20. The van der Waals surface area contributed by atoms with Gasteiger partial charge in [0.2, 0.25) is 0 Å². The maximum atomic E-state index is 14.5. The van der Waals surface area contributed by atoms with Gasteiger partial charge in [0, 0.05) is 12.1 Å². The Morgan fingerprint density at radius 3 is 2.23 bits per heavy atom. The summed E-state index contributed by atoms with van der Waals surface area (Å²) in [6.45, 7) is 2.15. The number of unbranched alkanes of at least 4 members (excludes halogenated alkanes) is 1. The van der Waals surface area contributed by atoms with Crippen molar-refractivity contribution in [3.8, 4) is 11.8 Å². The molecule has 0 aromatic heterocycles. The van der Waals surface area contributed by atoms with Crippen LogP contribution >= 0.6 is 0 Å². The molecule has 0 atom stereocenters. The number of hydrogen-bond donors (Lipinski definition) is 0. The van der Waals surface area contributed by atoms with E-state index in [0.717, 1.165) is 44.1 Å². The Balaban J connectivity index is 1.65. The second-order valence-corrected chi connectivity index (χ2v) is 7.94. The van der Waals surface area contributed by atoms with Gasteiger partial charge in [0.15, 0.2) is 0 Å². The Morgan fingerprint density at radius 1 is 1.06 bits per heavy atom. The van der Waals surface area contributed by atoms with Crippen molar-refractivity contribution in [1.82, 2.24) is 0 Å². The minimum Gasteiger partial charge on any atom is -0.429 e. The van der Waals surface area contributed by atoms with Crippen LogP contribution in [0.4, 0.5) is 17.6 Å². The summed E-state index contributed by atoms with van der Waals surface area (Å²) in [5.41, 5.74) is -0.237. The van der Waals surface area contributed by atoms with Crippen molar-refractivity contribution in [2.24, 2.45) is 5.92 Å². The van der Waals surface area contributed by atoms with E-state index in [9.17, 15) is 17.6 Å². The van der Waals surface area contributed by atoms with Gasteiger partial charge in [-0.2, -0.15) is 14.0 Å². The molecule has 1 fully saturated rings. The molecule has 31 heavy (non-hydrogen) atoms. The molecule has 0 amide bonds. The Hall–Kier alpha value is -2.81. The number of nitriles is 1. The highest BCUT2D eigenvalue weighted by Crippen LogP contribution is 2.38. The number of alkyl halides is 2. The minimum atomic E-state index is -3.77. The topological polar surface area (TPSA) is 33.0 Å². The maximum Gasteiger partial charge on any atom is 0.426 e. The van der Waals surface area contributed by atoms with Crippen LogP contribution in [-0.4, -0.2) is 0 Å². The van der Waals surface area contributed by atoms with E-state index in [2.05, 4.69) is 23.8 Å². The van der Waals surface area contributed by atoms with Crippen molar-refractivity contribution >= 4 is 0 Å². The SMILES string of the molecule is CCC/C=C/C1CCC(c2ccc(C(F)(F)Oc3cc(F)c(C#N)c(F)c3)cc2)CC1. The van der Waals surface area contributed by atoms with Gasteiger partial charge in [-0.05, 0) is 61.6 Å². The smallest absolute Gasteiger partial charge is 0.426 e. The summed E-state index contributed by atoms with van der Waals surface area (Å²) < 4.78 is 60.9. The Labute approximate surface area is 180 Å². The molecule has 0 aliphatic heterocycles. The minimum absolute atomic E-state index is 0.334. The zero-order valence-electron chi connectivity index (χ0n) is 17.4. The first kappa shape index (κ1) is 22.9. The molecule has 3 rings (SSSR count). The highest BCUT2D eigenvalue weighted by Gasteiger charge is 2.35. The first-order chi connectivity index (χ1) is 14.8. The zero-order valence-corrected chi connectivity index (χ0v) is 17.4. The molecule has 6 heteroatoms. The summed E-state index contributed by atoms with van der Waals surface area (Å²) in [5.74, 6) is -2.25. The van der Waals surface area contributed by atoms with E-state index in [1.165, 1.54) is 18.2 Å². The van der Waals surface area contributed by atoms with Gasteiger partial charge < -0.3 is 4.74 Å². The van der Waals surface area contributed by atoms with Crippen molar-refractivity contribution in [3.63, 3.8) is 0 Å². The first-order valence-electron chi connectivity index (χ1n) is 10.6. The molecule has 1 saturated carbocycles. The van der Waals surface area contributed by atoms with Crippen LogP contribution < -0.4 is 4.74 Å². The van der Waals surface area contributed by atoms with E-state index in [1.54, 1.807) is 12.1 Å². The van der Waals surface area contributed by atoms with Crippen LogP contribution in [0.1, 0.15) is 68.1 Å². The van der Waals surface area contributed by atoms with Gasteiger partial charge in [0.25, 0.3) is 0 Å². The van der Waals surface area contributed by atoms with Crippen LogP contribution in [0.5, 0.6) is 5.75 Å². The molecule has 0 spiro atoms. The molecule has 1 aliphatic rings. The van der Waals surface area contributed by atoms with E-state index in [1.807, 2.05) is 0 Å². The van der Waals surface area contributed by atoms with Crippen LogP contribution in [0.25, 0.3) is 0 Å². The fourth-order valence-electron chi connectivity index (χ4n) is 3.97. The Morgan fingerprint density at radius 2 is 1.68 bits per heavy atom. The van der Waals surface area contributed by atoms with Crippen LogP contribution in [-0.2, 0) is 6.11 Å². The van der Waals surface area contributed by atoms with Crippen LogP contribution in [0.2, 0.25) is 0 Å². The van der Waals surface area contributed by atoms with E-state index in [-0.39, 0.29) is 0 Å². The molecule has 0 heterocycles. The molecule has 0 radical (unpaired) electrons. The molecule has 2 aromatic rings. The second-order valence-electron chi connectivity index (χ2n) is 7.94. The molecular weight excluding hydrogens is 406 g/mol. The summed E-state index contributed by atoms with van der Waals surface area (Å²) in [6, 6.07) is 8.43. The molecule has 0 bridgehead atoms. The number of allylic oxidation sites excluding steroid dienone is 2. The lowest BCUT2D eigenvalue weighted by Gasteiger charge is -2.27. The molecule has 2 aromatic carbocycles. The normalized spacial score (nSPS) is 19.4. The van der Waals surface area contributed by atoms with E-state index < -0.39 is 34.6 Å². The summed E-state index contributed by atoms with van der Waals surface area (Å²) in [4.78, 5) is 0. The van der Waals surface area contributed by atoms with Crippen LogP contribution in [0.15, 0.2) is 48.6 Å². The number of benzene rings is 2. The van der Waals surface area contributed by atoms with Gasteiger partial charge in [-0.1, -0.05) is 37.6 Å². The standard InChI is InChI=1S/C25H25F4NO/c1-2-3-4-5-17-6-8-18(9-7-17)19-10-12-20(13-11-19)25(28,29)31-21-14-23(26)22(16-30)24(27)15-21/h4-5,10-15,17-18H,2-3,6-9H2,1H3/b5-4+. The predicted octanol–water partition coefficient (Wildman–Crippen LogP) is 7.59. The van der Waals surface area contributed by atoms with Crippen molar-refractivity contribution in [2.75, 3.05) is 0 Å². The van der Waals surface area contributed by atoms with Gasteiger partial charge >= 0.3 is 6.11 Å². The van der Waals surface area contributed by atoms with Crippen LogP contribution in [0.3, 0.4) is 0 Å². The number of nitrogens with zero attached hydrogens (tertiary/aromatic N) is 1. The van der Waals surface area contributed by atoms with Crippen molar-refractivity contribution in [2.45, 2.75) is 57.5 Å². The molecule has 0 saturated heterocycles. The molecule has 1 aliphatic carbocycles. The Bertz CT molecular complexity index is 931. The average molecular weight is 431 g/mol. The zero-order chi connectivity index (χ0) is 22.4. The van der Waals surface area contributed by atoms with Gasteiger partial charge in [-0.3, -0.25) is 0 Å². The third-order valence-corrected chi connectivity index (χ3v) is 5.73. The van der Waals surface area contributed by atoms with Gasteiger partial charge in [-0.15, -0.1) is 0 Å². The van der Waals surface area contributed by atoms with Crippen LogP contribution in [0, 0.1) is 28.9 Å². The van der Waals surface area contributed by atoms with E-state index in [4.69, 9.17) is 5.26 Å². The quantitative estimate of drug-likeness (QED) is 0.334.